The van der Waals surface area contributed by atoms with Crippen molar-refractivity contribution in [2.75, 3.05) is 0 Å². The number of benzene rings is 1. The van der Waals surface area contributed by atoms with E-state index in [0.717, 1.165) is 6.07 Å². The number of phenols is 3. The van der Waals surface area contributed by atoms with Gasteiger partial charge in [-0.15, -0.1) is 0 Å². The highest BCUT2D eigenvalue weighted by Crippen LogP contribution is 2.37. The summed E-state index contributed by atoms with van der Waals surface area (Å²) in [6.45, 7) is 0. The summed E-state index contributed by atoms with van der Waals surface area (Å²) in [5.74, 6) is -2.90. The molecule has 0 spiro atoms. The Morgan fingerprint density at radius 3 is 2.40 bits per heavy atom. The first-order valence-electron chi connectivity index (χ1n) is 4.14. The van der Waals surface area contributed by atoms with Crippen molar-refractivity contribution in [1.82, 2.24) is 0 Å². The molecule has 0 bridgehead atoms. The minimum Gasteiger partial charge on any atom is -0.504 e. The summed E-state index contributed by atoms with van der Waals surface area (Å²) < 4.78 is 0. The van der Waals surface area contributed by atoms with Gasteiger partial charge >= 0.3 is 5.97 Å². The number of carboxylic acid groups (broad SMARTS) is 1. The Balaban J connectivity index is 2.97. The van der Waals surface area contributed by atoms with Gasteiger partial charge in [0.1, 0.15) is 6.04 Å². The van der Waals surface area contributed by atoms with Crippen LogP contribution in [0.1, 0.15) is 5.56 Å². The van der Waals surface area contributed by atoms with Gasteiger partial charge in [0.25, 0.3) is 0 Å². The fourth-order valence-electron chi connectivity index (χ4n) is 1.10. The van der Waals surface area contributed by atoms with Crippen LogP contribution >= 0.6 is 0 Å². The van der Waals surface area contributed by atoms with Crippen LogP contribution in [0.15, 0.2) is 12.1 Å². The van der Waals surface area contributed by atoms with Crippen molar-refractivity contribution in [1.29, 1.82) is 0 Å². The second-order valence-electron chi connectivity index (χ2n) is 3.09. The third-order valence-corrected chi connectivity index (χ3v) is 1.97. The van der Waals surface area contributed by atoms with Gasteiger partial charge < -0.3 is 26.2 Å². The van der Waals surface area contributed by atoms with Crippen molar-refractivity contribution in [3.8, 4) is 17.2 Å². The molecule has 0 fully saturated rings. The lowest BCUT2D eigenvalue weighted by Gasteiger charge is -2.09. The van der Waals surface area contributed by atoms with E-state index in [1.54, 1.807) is 0 Å². The van der Waals surface area contributed by atoms with Crippen molar-refractivity contribution < 1.29 is 25.2 Å². The molecule has 1 rings (SSSR count). The minimum absolute atomic E-state index is 0.130. The van der Waals surface area contributed by atoms with Gasteiger partial charge in [-0.1, -0.05) is 6.07 Å². The van der Waals surface area contributed by atoms with E-state index in [2.05, 4.69) is 0 Å². The second kappa shape index (κ2) is 4.05. The normalized spacial score (nSPS) is 12.3. The van der Waals surface area contributed by atoms with Gasteiger partial charge in [0.15, 0.2) is 11.5 Å². The molecule has 1 aromatic rings. The predicted octanol–water partition coefficient (Wildman–Crippen LogP) is -0.242. The molecular formula is C9H11NO5. The Kier molecular flexibility index (Phi) is 3.01. The van der Waals surface area contributed by atoms with Gasteiger partial charge in [-0.05, 0) is 6.07 Å². The van der Waals surface area contributed by atoms with E-state index in [4.69, 9.17) is 21.1 Å². The first-order valence-corrected chi connectivity index (χ1v) is 4.14. The molecule has 0 aromatic heterocycles. The van der Waals surface area contributed by atoms with Crippen LogP contribution in [0.25, 0.3) is 0 Å². The Morgan fingerprint density at radius 2 is 1.87 bits per heavy atom. The summed E-state index contributed by atoms with van der Waals surface area (Å²) in [5, 5.41) is 36.1. The van der Waals surface area contributed by atoms with Crippen molar-refractivity contribution in [3.05, 3.63) is 17.7 Å². The van der Waals surface area contributed by atoms with E-state index in [0.29, 0.717) is 0 Å². The van der Waals surface area contributed by atoms with Crippen LogP contribution in [0.4, 0.5) is 0 Å². The molecule has 0 aliphatic heterocycles. The first-order chi connectivity index (χ1) is 6.93. The lowest BCUT2D eigenvalue weighted by molar-refractivity contribution is -0.138. The minimum atomic E-state index is -1.21. The summed E-state index contributed by atoms with van der Waals surface area (Å²) in [4.78, 5) is 10.4. The number of nitrogens with two attached hydrogens (primary N) is 1. The summed E-state index contributed by atoms with van der Waals surface area (Å²) in [6, 6.07) is 1.28. The Bertz CT molecular complexity index is 390. The molecule has 0 radical (unpaired) electrons. The molecular weight excluding hydrogens is 202 g/mol. The lowest BCUT2D eigenvalue weighted by atomic mass is 10.0. The molecule has 6 nitrogen and oxygen atoms in total. The SMILES string of the molecule is NC(Cc1ccc(O)c(O)c1O)C(=O)O. The van der Waals surface area contributed by atoms with E-state index in [1.165, 1.54) is 6.07 Å². The molecule has 0 aliphatic rings. The average Bonchev–Trinajstić information content (AvgIpc) is 2.18. The number of aromatic hydroxyl groups is 3. The average molecular weight is 213 g/mol. The van der Waals surface area contributed by atoms with Crippen molar-refractivity contribution in [2.45, 2.75) is 12.5 Å². The van der Waals surface area contributed by atoms with Gasteiger partial charge in [-0.25, -0.2) is 0 Å². The second-order valence-corrected chi connectivity index (χ2v) is 3.09. The Labute approximate surface area is 85.2 Å². The number of hydrogen-bond acceptors (Lipinski definition) is 5. The van der Waals surface area contributed by atoms with Gasteiger partial charge in [-0.3, -0.25) is 4.79 Å². The molecule has 1 unspecified atom stereocenters. The molecule has 15 heavy (non-hydrogen) atoms. The number of rotatable bonds is 3. The van der Waals surface area contributed by atoms with Crippen LogP contribution in [0.5, 0.6) is 17.2 Å². The van der Waals surface area contributed by atoms with Crippen molar-refractivity contribution >= 4 is 5.97 Å². The zero-order valence-electron chi connectivity index (χ0n) is 7.71. The Hall–Kier alpha value is -1.95. The fourth-order valence-corrected chi connectivity index (χ4v) is 1.10. The maximum atomic E-state index is 10.4. The highest BCUT2D eigenvalue weighted by Gasteiger charge is 2.17. The smallest absolute Gasteiger partial charge is 0.320 e. The molecule has 82 valence electrons. The highest BCUT2D eigenvalue weighted by atomic mass is 16.4. The fraction of sp³-hybridized carbons (Fsp3) is 0.222. The summed E-state index contributed by atoms with van der Waals surface area (Å²) in [5.41, 5.74) is 5.42. The molecule has 0 saturated carbocycles. The van der Waals surface area contributed by atoms with Gasteiger partial charge in [-0.2, -0.15) is 0 Å². The van der Waals surface area contributed by atoms with Crippen molar-refractivity contribution in [2.24, 2.45) is 5.73 Å². The van der Waals surface area contributed by atoms with Crippen LogP contribution < -0.4 is 5.73 Å². The van der Waals surface area contributed by atoms with Crippen LogP contribution in [0.2, 0.25) is 0 Å². The standard InChI is InChI=1S/C9H11NO5/c10-5(9(14)15)3-4-1-2-6(11)8(13)7(4)12/h1-2,5,11-13H,3,10H2,(H,14,15). The molecule has 6 heteroatoms. The Morgan fingerprint density at radius 1 is 1.27 bits per heavy atom. The predicted molar refractivity (Wildman–Crippen MR) is 50.8 cm³/mol. The maximum absolute atomic E-state index is 10.4. The van der Waals surface area contributed by atoms with Gasteiger partial charge in [0, 0.05) is 12.0 Å². The van der Waals surface area contributed by atoms with Crippen LogP contribution in [0, 0.1) is 0 Å². The van der Waals surface area contributed by atoms with Crippen LogP contribution in [0.3, 0.4) is 0 Å². The first kappa shape index (κ1) is 11.1. The third kappa shape index (κ3) is 2.29. The van der Waals surface area contributed by atoms with Gasteiger partial charge in [0.2, 0.25) is 5.75 Å². The summed E-state index contributed by atoms with van der Waals surface area (Å²) in [7, 11) is 0. The van der Waals surface area contributed by atoms with E-state index >= 15 is 0 Å². The quantitative estimate of drug-likeness (QED) is 0.441. The summed E-state index contributed by atoms with van der Waals surface area (Å²) >= 11 is 0. The zero-order chi connectivity index (χ0) is 11.6. The summed E-state index contributed by atoms with van der Waals surface area (Å²) in [6.07, 6.45) is -0.130. The number of aliphatic carboxylic acids is 1. The van der Waals surface area contributed by atoms with Gasteiger partial charge in [0.05, 0.1) is 0 Å². The topological polar surface area (TPSA) is 124 Å². The third-order valence-electron chi connectivity index (χ3n) is 1.97. The number of carbonyl (C=O) groups is 1. The molecule has 1 atom stereocenters. The van der Waals surface area contributed by atoms with Crippen LogP contribution in [-0.2, 0) is 11.2 Å². The molecule has 0 amide bonds. The van der Waals surface area contributed by atoms with E-state index in [-0.39, 0.29) is 12.0 Å². The van der Waals surface area contributed by atoms with E-state index in [9.17, 15) is 9.90 Å². The van der Waals surface area contributed by atoms with Crippen molar-refractivity contribution in [3.63, 3.8) is 0 Å². The number of carboxylic acids is 1. The molecule has 0 aliphatic carbocycles. The number of hydrogen-bond donors (Lipinski definition) is 5. The zero-order valence-corrected chi connectivity index (χ0v) is 7.71. The number of phenolic OH excluding ortho intramolecular Hbond substituents is 3. The lowest BCUT2D eigenvalue weighted by Crippen LogP contribution is -2.32. The molecule has 6 N–H and O–H groups in total. The molecule has 0 heterocycles. The molecule has 0 saturated heterocycles. The highest BCUT2D eigenvalue weighted by molar-refractivity contribution is 5.74. The van der Waals surface area contributed by atoms with E-state index < -0.39 is 29.3 Å². The van der Waals surface area contributed by atoms with Crippen LogP contribution in [-0.4, -0.2) is 32.4 Å². The maximum Gasteiger partial charge on any atom is 0.320 e. The largest absolute Gasteiger partial charge is 0.504 e. The van der Waals surface area contributed by atoms with E-state index in [1.807, 2.05) is 0 Å². The monoisotopic (exact) mass is 213 g/mol. The molecule has 1 aromatic carbocycles.